The molecule has 5 heteroatoms. The Balaban J connectivity index is 5.23. The van der Waals surface area contributed by atoms with Crippen LogP contribution in [0.1, 0.15) is 41.0 Å². The maximum absolute atomic E-state index is 12.7. The summed E-state index contributed by atoms with van der Waals surface area (Å²) in [4.78, 5) is 2.04. The average molecular weight is 263 g/mol. The van der Waals surface area contributed by atoms with E-state index in [1.165, 1.54) is 0 Å². The highest BCUT2D eigenvalue weighted by Gasteiger charge is 2.32. The number of allylic oxidation sites excluding steroid dienone is 1. The van der Waals surface area contributed by atoms with Crippen LogP contribution in [0, 0.1) is 0 Å². The molecular formula is C12H26NO3P. The van der Waals surface area contributed by atoms with E-state index in [4.69, 9.17) is 9.05 Å². The molecule has 0 aromatic carbocycles. The number of hydrogen-bond acceptors (Lipinski definition) is 4. The van der Waals surface area contributed by atoms with Crippen LogP contribution in [0.5, 0.6) is 0 Å². The summed E-state index contributed by atoms with van der Waals surface area (Å²) in [5.74, 6) is 0. The Bertz CT molecular complexity index is 265. The van der Waals surface area contributed by atoms with E-state index < -0.39 is 7.60 Å². The molecule has 0 fully saturated rings. The highest BCUT2D eigenvalue weighted by Crippen LogP contribution is 2.57. The van der Waals surface area contributed by atoms with E-state index in [2.05, 4.69) is 0 Å². The van der Waals surface area contributed by atoms with Crippen LogP contribution in [0.4, 0.5) is 0 Å². The Kier molecular flexibility index (Phi) is 8.57. The predicted octanol–water partition coefficient (Wildman–Crippen LogP) is 3.85. The highest BCUT2D eigenvalue weighted by atomic mass is 31.2. The Morgan fingerprint density at radius 1 is 1.06 bits per heavy atom. The Labute approximate surface area is 106 Å². The van der Waals surface area contributed by atoms with Crippen molar-refractivity contribution >= 4 is 7.60 Å². The van der Waals surface area contributed by atoms with Gasteiger partial charge in [-0.3, -0.25) is 4.57 Å². The van der Waals surface area contributed by atoms with E-state index in [0.29, 0.717) is 18.7 Å². The molecule has 0 spiro atoms. The molecule has 0 aliphatic rings. The standard InChI is InChI=1S/C12H26NO3P/c1-6-11-12(13(7-2)8-3)17(14,15-9-4)16-10-5/h11H,6-10H2,1-5H3. The summed E-state index contributed by atoms with van der Waals surface area (Å²) >= 11 is 0. The maximum atomic E-state index is 12.7. The first-order chi connectivity index (χ1) is 8.09. The molecule has 0 heterocycles. The van der Waals surface area contributed by atoms with Crippen LogP contribution in [0.2, 0.25) is 0 Å². The summed E-state index contributed by atoms with van der Waals surface area (Å²) in [6.07, 6.45) is 2.76. The summed E-state index contributed by atoms with van der Waals surface area (Å²) in [5, 5.41) is 0. The van der Waals surface area contributed by atoms with E-state index >= 15 is 0 Å². The van der Waals surface area contributed by atoms with E-state index in [1.807, 2.05) is 45.6 Å². The Morgan fingerprint density at radius 2 is 1.53 bits per heavy atom. The van der Waals surface area contributed by atoms with Crippen molar-refractivity contribution in [1.29, 1.82) is 0 Å². The summed E-state index contributed by atoms with van der Waals surface area (Å²) in [6.45, 7) is 12.1. The second-order valence-corrected chi connectivity index (χ2v) is 5.45. The summed E-state index contributed by atoms with van der Waals surface area (Å²) in [6, 6.07) is 0. The van der Waals surface area contributed by atoms with Crippen LogP contribution in [0.3, 0.4) is 0 Å². The topological polar surface area (TPSA) is 38.8 Å². The van der Waals surface area contributed by atoms with Gasteiger partial charge in [-0.25, -0.2) is 0 Å². The summed E-state index contributed by atoms with van der Waals surface area (Å²) in [7, 11) is -3.15. The zero-order valence-corrected chi connectivity index (χ0v) is 12.6. The molecule has 0 aliphatic carbocycles. The van der Waals surface area contributed by atoms with Crippen LogP contribution < -0.4 is 0 Å². The second kappa shape index (κ2) is 8.73. The van der Waals surface area contributed by atoms with Gasteiger partial charge in [-0.2, -0.15) is 0 Å². The summed E-state index contributed by atoms with van der Waals surface area (Å²) < 4.78 is 23.5. The largest absolute Gasteiger partial charge is 0.376 e. The van der Waals surface area contributed by atoms with Crippen LogP contribution in [0.25, 0.3) is 0 Å². The van der Waals surface area contributed by atoms with Crippen LogP contribution >= 0.6 is 7.60 Å². The lowest BCUT2D eigenvalue weighted by atomic mass is 10.4. The fourth-order valence-corrected chi connectivity index (χ4v) is 3.71. The molecule has 0 aromatic rings. The molecule has 0 bridgehead atoms. The van der Waals surface area contributed by atoms with Gasteiger partial charge in [0.2, 0.25) is 0 Å². The van der Waals surface area contributed by atoms with Crippen molar-refractivity contribution < 1.29 is 13.6 Å². The third-order valence-corrected chi connectivity index (χ3v) is 4.58. The smallest absolute Gasteiger partial charge is 0.366 e. The SMILES string of the molecule is CCC=C(N(CC)CC)P(=O)(OCC)OCC. The lowest BCUT2D eigenvalue weighted by Gasteiger charge is -2.29. The van der Waals surface area contributed by atoms with Crippen LogP contribution in [-0.2, 0) is 13.6 Å². The molecule has 0 amide bonds. The van der Waals surface area contributed by atoms with Gasteiger partial charge in [-0.1, -0.05) is 13.0 Å². The first-order valence-electron chi connectivity index (χ1n) is 6.44. The zero-order chi connectivity index (χ0) is 13.3. The summed E-state index contributed by atoms with van der Waals surface area (Å²) in [5.41, 5.74) is 0.703. The van der Waals surface area contributed by atoms with Crippen molar-refractivity contribution in [2.45, 2.75) is 41.0 Å². The Hall–Kier alpha value is -0.310. The lowest BCUT2D eigenvalue weighted by Crippen LogP contribution is -2.23. The van der Waals surface area contributed by atoms with Gasteiger partial charge in [0, 0.05) is 13.1 Å². The number of rotatable bonds is 9. The molecule has 0 unspecified atom stereocenters. The average Bonchev–Trinajstić information content (AvgIpc) is 2.30. The molecule has 0 aliphatic heterocycles. The fourth-order valence-electron chi connectivity index (χ4n) is 1.65. The predicted molar refractivity (Wildman–Crippen MR) is 72.2 cm³/mol. The third kappa shape index (κ3) is 4.82. The third-order valence-electron chi connectivity index (χ3n) is 2.35. The van der Waals surface area contributed by atoms with Crippen molar-refractivity contribution in [2.75, 3.05) is 26.3 Å². The quantitative estimate of drug-likeness (QED) is 0.592. The van der Waals surface area contributed by atoms with E-state index in [-0.39, 0.29) is 0 Å². The van der Waals surface area contributed by atoms with Gasteiger partial charge in [-0.15, -0.1) is 0 Å². The highest BCUT2D eigenvalue weighted by molar-refractivity contribution is 7.58. The minimum absolute atomic E-state index is 0.388. The van der Waals surface area contributed by atoms with E-state index in [9.17, 15) is 4.57 Å². The second-order valence-electron chi connectivity index (χ2n) is 3.48. The molecule has 17 heavy (non-hydrogen) atoms. The van der Waals surface area contributed by atoms with Gasteiger partial charge in [0.15, 0.2) is 0 Å². The molecule has 0 N–H and O–H groups in total. The van der Waals surface area contributed by atoms with Crippen molar-refractivity contribution in [3.8, 4) is 0 Å². The first-order valence-corrected chi connectivity index (χ1v) is 7.98. The van der Waals surface area contributed by atoms with Crippen LogP contribution in [0.15, 0.2) is 11.5 Å². The van der Waals surface area contributed by atoms with E-state index in [0.717, 1.165) is 19.5 Å². The van der Waals surface area contributed by atoms with Crippen molar-refractivity contribution in [3.05, 3.63) is 11.5 Å². The zero-order valence-electron chi connectivity index (χ0n) is 11.7. The van der Waals surface area contributed by atoms with E-state index in [1.54, 1.807) is 0 Å². The molecule has 102 valence electrons. The van der Waals surface area contributed by atoms with Crippen molar-refractivity contribution in [2.24, 2.45) is 0 Å². The molecule has 0 radical (unpaired) electrons. The van der Waals surface area contributed by atoms with Gasteiger partial charge in [-0.05, 0) is 34.1 Å². The lowest BCUT2D eigenvalue weighted by molar-refractivity contribution is 0.214. The van der Waals surface area contributed by atoms with Crippen LogP contribution in [-0.4, -0.2) is 31.2 Å². The van der Waals surface area contributed by atoms with Gasteiger partial charge < -0.3 is 13.9 Å². The fraction of sp³-hybridized carbons (Fsp3) is 0.833. The molecule has 0 rings (SSSR count). The molecule has 4 nitrogen and oxygen atoms in total. The molecule has 0 saturated carbocycles. The molecule has 0 aromatic heterocycles. The van der Waals surface area contributed by atoms with Crippen molar-refractivity contribution in [1.82, 2.24) is 4.90 Å². The first kappa shape index (κ1) is 16.7. The number of hydrogen-bond donors (Lipinski definition) is 0. The van der Waals surface area contributed by atoms with Gasteiger partial charge in [0.1, 0.15) is 5.44 Å². The minimum Gasteiger partial charge on any atom is -0.366 e. The van der Waals surface area contributed by atoms with Gasteiger partial charge in [0.05, 0.1) is 13.2 Å². The normalized spacial score (nSPS) is 12.9. The molecule has 0 atom stereocenters. The van der Waals surface area contributed by atoms with Gasteiger partial charge in [0.25, 0.3) is 0 Å². The van der Waals surface area contributed by atoms with Crippen molar-refractivity contribution in [3.63, 3.8) is 0 Å². The monoisotopic (exact) mass is 263 g/mol. The van der Waals surface area contributed by atoms with Gasteiger partial charge >= 0.3 is 7.60 Å². The molecular weight excluding hydrogens is 237 g/mol. The number of nitrogens with zero attached hydrogens (tertiary/aromatic N) is 1. The minimum atomic E-state index is -3.15. The molecule has 0 saturated heterocycles. The maximum Gasteiger partial charge on any atom is 0.376 e. The Morgan fingerprint density at radius 3 is 1.82 bits per heavy atom.